The fraction of sp³-hybridized carbons (Fsp3) is 0.556. The Morgan fingerprint density at radius 2 is 2.20 bits per heavy atom. The molecule has 0 bridgehead atoms. The number of rotatable bonds is 5. The highest BCUT2D eigenvalue weighted by Gasteiger charge is 2.33. The van der Waals surface area contributed by atoms with Gasteiger partial charge in [-0.3, -0.25) is 9.48 Å². The monoisotopic (exact) mass is 347 g/mol. The average Bonchev–Trinajstić information content (AvgIpc) is 3.09. The van der Waals surface area contributed by atoms with Gasteiger partial charge in [0.2, 0.25) is 0 Å². The molecule has 0 spiro atoms. The third kappa shape index (κ3) is 3.48. The normalized spacial score (nSPS) is 19.7. The van der Waals surface area contributed by atoms with E-state index in [1.54, 1.807) is 16.6 Å². The van der Waals surface area contributed by atoms with Gasteiger partial charge in [-0.1, -0.05) is 0 Å². The quantitative estimate of drug-likeness (QED) is 0.894. The van der Waals surface area contributed by atoms with Gasteiger partial charge in [-0.2, -0.15) is 5.10 Å². The van der Waals surface area contributed by atoms with Crippen molar-refractivity contribution in [3.05, 3.63) is 40.6 Å². The van der Waals surface area contributed by atoms with Crippen molar-refractivity contribution in [2.75, 3.05) is 13.2 Å². The van der Waals surface area contributed by atoms with Gasteiger partial charge >= 0.3 is 0 Å². The van der Waals surface area contributed by atoms with Gasteiger partial charge in [0.15, 0.2) is 0 Å². The Morgan fingerprint density at radius 1 is 1.44 bits per heavy atom. The summed E-state index contributed by atoms with van der Waals surface area (Å²) in [6, 6.07) is 3.72. The predicted molar refractivity (Wildman–Crippen MR) is 91.1 cm³/mol. The molecule has 1 aliphatic rings. The SMILES string of the molecule is Cc1ccc(CN(CCO)C(=O)c2c3c(nn2C)[C@H](C)O[C@H](C)C3)o1. The van der Waals surface area contributed by atoms with Crippen molar-refractivity contribution in [3.8, 4) is 0 Å². The second kappa shape index (κ2) is 7.01. The smallest absolute Gasteiger partial charge is 0.272 e. The van der Waals surface area contributed by atoms with Crippen molar-refractivity contribution in [2.45, 2.75) is 45.9 Å². The first kappa shape index (κ1) is 17.7. The summed E-state index contributed by atoms with van der Waals surface area (Å²) >= 11 is 0. The fourth-order valence-corrected chi connectivity index (χ4v) is 3.41. The number of ether oxygens (including phenoxy) is 1. The summed E-state index contributed by atoms with van der Waals surface area (Å²) < 4.78 is 13.0. The number of hydrogen-bond acceptors (Lipinski definition) is 5. The van der Waals surface area contributed by atoms with E-state index >= 15 is 0 Å². The van der Waals surface area contributed by atoms with Crippen molar-refractivity contribution in [1.29, 1.82) is 0 Å². The van der Waals surface area contributed by atoms with Crippen LogP contribution in [0.5, 0.6) is 0 Å². The van der Waals surface area contributed by atoms with Crippen molar-refractivity contribution in [2.24, 2.45) is 7.05 Å². The Labute approximate surface area is 147 Å². The third-order valence-electron chi connectivity index (χ3n) is 4.49. The molecule has 7 nitrogen and oxygen atoms in total. The molecule has 0 saturated heterocycles. The Balaban J connectivity index is 1.92. The molecule has 1 N–H and O–H groups in total. The number of aliphatic hydroxyl groups is 1. The molecule has 0 fully saturated rings. The summed E-state index contributed by atoms with van der Waals surface area (Å²) in [5, 5.41) is 13.9. The molecule has 0 radical (unpaired) electrons. The minimum Gasteiger partial charge on any atom is -0.464 e. The lowest BCUT2D eigenvalue weighted by molar-refractivity contribution is -0.00715. The highest BCUT2D eigenvalue weighted by Crippen LogP contribution is 2.31. The molecular formula is C18H25N3O4. The van der Waals surface area contributed by atoms with Crippen molar-refractivity contribution in [1.82, 2.24) is 14.7 Å². The van der Waals surface area contributed by atoms with E-state index in [0.717, 1.165) is 17.0 Å². The van der Waals surface area contributed by atoms with E-state index in [4.69, 9.17) is 9.15 Å². The lowest BCUT2D eigenvalue weighted by Crippen LogP contribution is -2.35. The highest BCUT2D eigenvalue weighted by atomic mass is 16.5. The minimum atomic E-state index is -0.152. The van der Waals surface area contributed by atoms with E-state index in [9.17, 15) is 9.90 Å². The van der Waals surface area contributed by atoms with E-state index in [2.05, 4.69) is 5.10 Å². The van der Waals surface area contributed by atoms with E-state index in [0.29, 0.717) is 24.4 Å². The molecule has 136 valence electrons. The number of furan rings is 1. The first-order valence-electron chi connectivity index (χ1n) is 8.57. The van der Waals surface area contributed by atoms with Gasteiger partial charge in [0, 0.05) is 25.6 Å². The summed E-state index contributed by atoms with van der Waals surface area (Å²) in [5.41, 5.74) is 2.33. The maximum absolute atomic E-state index is 13.2. The van der Waals surface area contributed by atoms with Crippen LogP contribution in [-0.4, -0.2) is 44.9 Å². The molecule has 7 heteroatoms. The molecule has 0 aromatic carbocycles. The highest BCUT2D eigenvalue weighted by molar-refractivity contribution is 5.94. The van der Waals surface area contributed by atoms with Crippen LogP contribution < -0.4 is 0 Å². The van der Waals surface area contributed by atoms with Gasteiger partial charge in [0.1, 0.15) is 17.2 Å². The lowest BCUT2D eigenvalue weighted by Gasteiger charge is -2.26. The van der Waals surface area contributed by atoms with Crippen molar-refractivity contribution in [3.63, 3.8) is 0 Å². The van der Waals surface area contributed by atoms with Gasteiger partial charge in [-0.25, -0.2) is 0 Å². The number of fused-ring (bicyclic) bond motifs is 1. The number of aromatic nitrogens is 2. The number of amides is 1. The van der Waals surface area contributed by atoms with E-state index < -0.39 is 0 Å². The number of nitrogens with zero attached hydrogens (tertiary/aromatic N) is 3. The molecule has 2 aromatic heterocycles. The third-order valence-corrected chi connectivity index (χ3v) is 4.49. The van der Waals surface area contributed by atoms with Crippen LogP contribution in [0.25, 0.3) is 0 Å². The van der Waals surface area contributed by atoms with Gasteiger partial charge < -0.3 is 19.2 Å². The van der Waals surface area contributed by atoms with Crippen LogP contribution in [0.2, 0.25) is 0 Å². The summed E-state index contributed by atoms with van der Waals surface area (Å²) in [4.78, 5) is 14.8. The van der Waals surface area contributed by atoms with E-state index in [1.807, 2.05) is 32.9 Å². The number of aryl methyl sites for hydroxylation is 2. The maximum Gasteiger partial charge on any atom is 0.272 e. The molecule has 0 unspecified atom stereocenters. The molecule has 3 rings (SSSR count). The Morgan fingerprint density at radius 3 is 2.84 bits per heavy atom. The molecule has 0 saturated carbocycles. The summed E-state index contributed by atoms with van der Waals surface area (Å²) in [5.74, 6) is 1.34. The Hall–Kier alpha value is -2.12. The Kier molecular flexibility index (Phi) is 4.96. The standard InChI is InChI=1S/C18H25N3O4/c1-11-5-6-14(25-11)10-21(7-8-22)18(23)17-15-9-12(2)24-13(3)16(15)19-20(17)4/h5-6,12-13,22H,7-10H2,1-4H3/t12-,13+/m1/s1. The second-order valence-corrected chi connectivity index (χ2v) is 6.59. The van der Waals surface area contributed by atoms with Gasteiger partial charge in [0.05, 0.1) is 31.1 Å². The first-order valence-corrected chi connectivity index (χ1v) is 8.57. The zero-order chi connectivity index (χ0) is 18.1. The predicted octanol–water partition coefficient (Wildman–Crippen LogP) is 1.98. The van der Waals surface area contributed by atoms with Gasteiger partial charge in [-0.15, -0.1) is 0 Å². The summed E-state index contributed by atoms with van der Waals surface area (Å²) in [7, 11) is 1.77. The van der Waals surface area contributed by atoms with E-state index in [-0.39, 0.29) is 31.3 Å². The first-order chi connectivity index (χ1) is 11.9. The molecular weight excluding hydrogens is 322 g/mol. The van der Waals surface area contributed by atoms with Crippen LogP contribution in [0, 0.1) is 6.92 Å². The number of carbonyl (C=O) groups is 1. The van der Waals surface area contributed by atoms with Crippen LogP contribution in [0.1, 0.15) is 53.2 Å². The fourth-order valence-electron chi connectivity index (χ4n) is 3.41. The van der Waals surface area contributed by atoms with E-state index in [1.165, 1.54) is 0 Å². The maximum atomic E-state index is 13.2. The molecule has 25 heavy (non-hydrogen) atoms. The van der Waals surface area contributed by atoms with Gasteiger partial charge in [0.25, 0.3) is 5.91 Å². The molecule has 3 heterocycles. The van der Waals surface area contributed by atoms with Crippen molar-refractivity contribution < 1.29 is 19.1 Å². The van der Waals surface area contributed by atoms with Gasteiger partial charge in [-0.05, 0) is 32.9 Å². The van der Waals surface area contributed by atoms with Crippen LogP contribution >= 0.6 is 0 Å². The second-order valence-electron chi connectivity index (χ2n) is 6.59. The summed E-state index contributed by atoms with van der Waals surface area (Å²) in [6.45, 7) is 6.25. The average molecular weight is 347 g/mol. The molecule has 2 aromatic rings. The van der Waals surface area contributed by atoms with Crippen LogP contribution in [0.15, 0.2) is 16.5 Å². The molecule has 0 aliphatic carbocycles. The van der Waals surface area contributed by atoms with Crippen LogP contribution in [0.4, 0.5) is 0 Å². The minimum absolute atomic E-state index is 0.0391. The topological polar surface area (TPSA) is 80.7 Å². The summed E-state index contributed by atoms with van der Waals surface area (Å²) in [6.07, 6.45) is 0.560. The number of carbonyl (C=O) groups excluding carboxylic acids is 1. The Bertz CT molecular complexity index is 764. The molecule has 1 amide bonds. The molecule has 1 aliphatic heterocycles. The largest absolute Gasteiger partial charge is 0.464 e. The van der Waals surface area contributed by atoms with Crippen molar-refractivity contribution >= 4 is 5.91 Å². The van der Waals surface area contributed by atoms with Crippen LogP contribution in [0.3, 0.4) is 0 Å². The zero-order valence-corrected chi connectivity index (χ0v) is 15.2. The molecule has 2 atom stereocenters. The zero-order valence-electron chi connectivity index (χ0n) is 15.2. The number of hydrogen-bond donors (Lipinski definition) is 1. The number of aliphatic hydroxyl groups excluding tert-OH is 1. The lowest BCUT2D eigenvalue weighted by atomic mass is 9.99. The van der Waals surface area contributed by atoms with Crippen LogP contribution in [-0.2, 0) is 24.8 Å².